The molecule has 0 aromatic carbocycles. The zero-order chi connectivity index (χ0) is 13.1. The van der Waals surface area contributed by atoms with E-state index >= 15 is 0 Å². The monoisotopic (exact) mass is 274 g/mol. The number of alkyl halides is 3. The lowest BCUT2D eigenvalue weighted by Crippen LogP contribution is -2.35. The van der Waals surface area contributed by atoms with Gasteiger partial charge in [-0.3, -0.25) is 4.79 Å². The van der Waals surface area contributed by atoms with E-state index in [2.05, 4.69) is 10.6 Å². The minimum Gasteiger partial charge on any atom is -0.385 e. The second-order valence-electron chi connectivity index (χ2n) is 3.17. The molecule has 0 saturated heterocycles. The van der Waals surface area contributed by atoms with Gasteiger partial charge < -0.3 is 15.4 Å². The Morgan fingerprint density at radius 2 is 2.06 bits per heavy atom. The largest absolute Gasteiger partial charge is 0.441 e. The average molecular weight is 274 g/mol. The predicted octanol–water partition coefficient (Wildman–Crippen LogP) is 0.982. The van der Waals surface area contributed by atoms with Crippen LogP contribution < -0.4 is 10.6 Å². The average Bonchev–Trinajstić information content (AvgIpc) is 2.22. The fourth-order valence-electron chi connectivity index (χ4n) is 0.948. The Kier molecular flexibility index (Phi) is 9.28. The van der Waals surface area contributed by atoms with E-state index in [-0.39, 0.29) is 36.5 Å². The van der Waals surface area contributed by atoms with Gasteiger partial charge >= 0.3 is 5.51 Å². The van der Waals surface area contributed by atoms with Crippen LogP contribution in [0.4, 0.5) is 13.2 Å². The third kappa shape index (κ3) is 13.5. The molecular weight excluding hydrogens is 257 g/mol. The maximum Gasteiger partial charge on any atom is 0.441 e. The maximum atomic E-state index is 11.7. The molecule has 0 aliphatic rings. The Balaban J connectivity index is 3.28. The molecule has 0 atom stereocenters. The van der Waals surface area contributed by atoms with E-state index < -0.39 is 5.51 Å². The van der Waals surface area contributed by atoms with Gasteiger partial charge in [0.15, 0.2) is 0 Å². The molecule has 4 nitrogen and oxygen atoms in total. The molecule has 8 heteroatoms. The summed E-state index contributed by atoms with van der Waals surface area (Å²) in [7, 11) is 1.57. The van der Waals surface area contributed by atoms with Crippen molar-refractivity contribution >= 4 is 17.7 Å². The molecule has 0 aliphatic heterocycles. The molecule has 1 amide bonds. The molecule has 0 saturated carbocycles. The smallest absolute Gasteiger partial charge is 0.385 e. The van der Waals surface area contributed by atoms with Gasteiger partial charge in [0.25, 0.3) is 0 Å². The highest BCUT2D eigenvalue weighted by molar-refractivity contribution is 8.00. The van der Waals surface area contributed by atoms with Crippen molar-refractivity contribution in [3.63, 3.8) is 0 Å². The van der Waals surface area contributed by atoms with Gasteiger partial charge in [-0.1, -0.05) is 0 Å². The third-order valence-electron chi connectivity index (χ3n) is 1.68. The van der Waals surface area contributed by atoms with Crippen LogP contribution in [-0.2, 0) is 9.53 Å². The van der Waals surface area contributed by atoms with Crippen LogP contribution in [0.2, 0.25) is 0 Å². The molecule has 0 unspecified atom stereocenters. The number of amides is 1. The first kappa shape index (κ1) is 16.5. The number of thioether (sulfide) groups is 1. The summed E-state index contributed by atoms with van der Waals surface area (Å²) in [6, 6.07) is 0. The van der Waals surface area contributed by atoms with E-state index in [1.54, 1.807) is 7.11 Å². The first-order valence-electron chi connectivity index (χ1n) is 5.13. The fraction of sp³-hybridized carbons (Fsp3) is 0.889. The van der Waals surface area contributed by atoms with Gasteiger partial charge in [0.05, 0.1) is 6.54 Å². The molecule has 0 spiro atoms. The number of hydrogen-bond donors (Lipinski definition) is 2. The molecule has 0 aliphatic carbocycles. The molecule has 0 aromatic heterocycles. The second-order valence-corrected chi connectivity index (χ2v) is 4.33. The normalized spacial score (nSPS) is 11.5. The number of carbonyl (C=O) groups is 1. The second kappa shape index (κ2) is 9.55. The van der Waals surface area contributed by atoms with Gasteiger partial charge in [0.2, 0.25) is 5.91 Å². The molecule has 102 valence electrons. The Morgan fingerprint density at radius 3 is 2.65 bits per heavy atom. The highest BCUT2D eigenvalue weighted by Crippen LogP contribution is 2.29. The van der Waals surface area contributed by atoms with Crippen molar-refractivity contribution in [2.75, 3.05) is 39.1 Å². The zero-order valence-electron chi connectivity index (χ0n) is 9.60. The Morgan fingerprint density at radius 1 is 1.35 bits per heavy atom. The summed E-state index contributed by atoms with van der Waals surface area (Å²) in [5, 5.41) is 5.25. The topological polar surface area (TPSA) is 50.4 Å². The van der Waals surface area contributed by atoms with Crippen LogP contribution >= 0.6 is 11.8 Å². The number of nitrogens with one attached hydrogen (secondary N) is 2. The summed E-state index contributed by atoms with van der Waals surface area (Å²) in [4.78, 5) is 11.1. The quantitative estimate of drug-likeness (QED) is 0.615. The summed E-state index contributed by atoms with van der Waals surface area (Å²) >= 11 is -0.101. The summed E-state index contributed by atoms with van der Waals surface area (Å²) in [5.41, 5.74) is -4.20. The number of halogens is 3. The molecule has 0 bridgehead atoms. The van der Waals surface area contributed by atoms with E-state index in [1.807, 2.05) is 0 Å². The van der Waals surface area contributed by atoms with Crippen molar-refractivity contribution in [2.45, 2.75) is 11.9 Å². The lowest BCUT2D eigenvalue weighted by atomic mass is 10.4. The highest BCUT2D eigenvalue weighted by atomic mass is 32.2. The molecular formula is C9H17F3N2O2S. The van der Waals surface area contributed by atoms with Gasteiger partial charge in [-0.25, -0.2) is 0 Å². The van der Waals surface area contributed by atoms with Crippen LogP contribution in [0.25, 0.3) is 0 Å². The summed E-state index contributed by atoms with van der Waals surface area (Å²) < 4.78 is 40.0. The van der Waals surface area contributed by atoms with Gasteiger partial charge in [0.1, 0.15) is 0 Å². The van der Waals surface area contributed by atoms with E-state index in [0.29, 0.717) is 19.6 Å². The fourth-order valence-corrected chi connectivity index (χ4v) is 1.43. The Bertz CT molecular complexity index is 215. The standard InChI is InChI=1S/C9H17F3N2O2S/c1-16-5-2-3-14-8(15)7-13-4-6-17-9(10,11)12/h13H,2-7H2,1H3,(H,14,15). The molecule has 0 rings (SSSR count). The first-order chi connectivity index (χ1) is 7.95. The first-order valence-corrected chi connectivity index (χ1v) is 6.11. The van der Waals surface area contributed by atoms with Gasteiger partial charge in [-0.05, 0) is 18.2 Å². The SMILES string of the molecule is COCCCNC(=O)CNCCSC(F)(F)F. The lowest BCUT2D eigenvalue weighted by Gasteiger charge is -2.07. The van der Waals surface area contributed by atoms with Gasteiger partial charge in [-0.15, -0.1) is 0 Å². The zero-order valence-corrected chi connectivity index (χ0v) is 10.4. The van der Waals surface area contributed by atoms with Crippen LogP contribution in [0.1, 0.15) is 6.42 Å². The van der Waals surface area contributed by atoms with Crippen molar-refractivity contribution in [1.82, 2.24) is 10.6 Å². The van der Waals surface area contributed by atoms with Crippen molar-refractivity contribution in [2.24, 2.45) is 0 Å². The number of ether oxygens (including phenoxy) is 1. The van der Waals surface area contributed by atoms with Crippen LogP contribution in [-0.4, -0.2) is 50.5 Å². The van der Waals surface area contributed by atoms with Crippen LogP contribution in [0, 0.1) is 0 Å². The predicted molar refractivity (Wildman–Crippen MR) is 60.9 cm³/mol. The summed E-state index contributed by atoms with van der Waals surface area (Å²) in [6.45, 7) is 1.25. The Labute approximate surface area is 103 Å². The number of rotatable bonds is 9. The van der Waals surface area contributed by atoms with Gasteiger partial charge in [-0.2, -0.15) is 13.2 Å². The van der Waals surface area contributed by atoms with Crippen molar-refractivity contribution in [3.05, 3.63) is 0 Å². The minimum atomic E-state index is -4.20. The van der Waals surface area contributed by atoms with E-state index in [4.69, 9.17) is 4.74 Å². The van der Waals surface area contributed by atoms with E-state index in [0.717, 1.165) is 0 Å². The number of hydrogen-bond acceptors (Lipinski definition) is 4. The maximum absolute atomic E-state index is 11.7. The number of carbonyl (C=O) groups excluding carboxylic acids is 1. The molecule has 0 fully saturated rings. The van der Waals surface area contributed by atoms with Crippen molar-refractivity contribution in [1.29, 1.82) is 0 Å². The summed E-state index contributed by atoms with van der Waals surface area (Å²) in [5.74, 6) is -0.321. The van der Waals surface area contributed by atoms with E-state index in [9.17, 15) is 18.0 Å². The Hall–Kier alpha value is -0.470. The lowest BCUT2D eigenvalue weighted by molar-refractivity contribution is -0.120. The highest BCUT2D eigenvalue weighted by Gasteiger charge is 2.27. The third-order valence-corrected chi connectivity index (χ3v) is 2.41. The van der Waals surface area contributed by atoms with Crippen LogP contribution in [0.3, 0.4) is 0 Å². The van der Waals surface area contributed by atoms with Crippen LogP contribution in [0.15, 0.2) is 0 Å². The minimum absolute atomic E-state index is 0.0331. The summed E-state index contributed by atoms with van der Waals surface area (Å²) in [6.07, 6.45) is 0.714. The van der Waals surface area contributed by atoms with Crippen LogP contribution in [0.5, 0.6) is 0 Å². The number of methoxy groups -OCH3 is 1. The van der Waals surface area contributed by atoms with Crippen molar-refractivity contribution < 1.29 is 22.7 Å². The van der Waals surface area contributed by atoms with E-state index in [1.165, 1.54) is 0 Å². The molecule has 2 N–H and O–H groups in total. The van der Waals surface area contributed by atoms with Crippen molar-refractivity contribution in [3.8, 4) is 0 Å². The molecule has 0 heterocycles. The molecule has 0 radical (unpaired) electrons. The molecule has 0 aromatic rings. The van der Waals surface area contributed by atoms with Gasteiger partial charge in [0, 0.05) is 32.6 Å². The molecule has 17 heavy (non-hydrogen) atoms.